The van der Waals surface area contributed by atoms with Crippen molar-refractivity contribution in [2.24, 2.45) is 4.99 Å². The van der Waals surface area contributed by atoms with Gasteiger partial charge in [0.15, 0.2) is 5.96 Å². The summed E-state index contributed by atoms with van der Waals surface area (Å²) in [5.74, 6) is 1.55. The summed E-state index contributed by atoms with van der Waals surface area (Å²) in [6.07, 6.45) is 1.93. The van der Waals surface area contributed by atoms with Crippen LogP contribution in [0.4, 0.5) is 5.69 Å². The Bertz CT molecular complexity index is 949. The number of nitrogens with one attached hydrogen (secondary N) is 3. The highest BCUT2D eigenvalue weighted by molar-refractivity contribution is 14.0. The zero-order chi connectivity index (χ0) is 21.3. The molecule has 3 N–H and O–H groups in total. The largest absolute Gasteiger partial charge is 0.496 e. The minimum absolute atomic E-state index is 0. The molecule has 0 aromatic heterocycles. The first-order chi connectivity index (χ1) is 13.8. The van der Waals surface area contributed by atoms with E-state index < -0.39 is 10.0 Å². The Balaban J connectivity index is 0.00000450. The molecule has 166 valence electrons. The molecule has 0 bridgehead atoms. The van der Waals surface area contributed by atoms with Crippen molar-refractivity contribution in [1.29, 1.82) is 0 Å². The van der Waals surface area contributed by atoms with Gasteiger partial charge in [-0.25, -0.2) is 13.4 Å². The first-order valence-electron chi connectivity index (χ1n) is 9.53. The first kappa shape index (κ1) is 26.0. The van der Waals surface area contributed by atoms with E-state index in [4.69, 9.17) is 4.74 Å². The van der Waals surface area contributed by atoms with E-state index in [2.05, 4.69) is 33.3 Å². The van der Waals surface area contributed by atoms with Crippen molar-refractivity contribution in [1.82, 2.24) is 10.6 Å². The summed E-state index contributed by atoms with van der Waals surface area (Å²) in [5.41, 5.74) is 3.67. The molecular formula is C21H31IN4O3S. The Morgan fingerprint density at radius 2 is 1.83 bits per heavy atom. The molecule has 0 saturated carbocycles. The Labute approximate surface area is 196 Å². The van der Waals surface area contributed by atoms with Gasteiger partial charge in [-0.1, -0.05) is 35.9 Å². The van der Waals surface area contributed by atoms with Crippen LogP contribution in [0.25, 0.3) is 0 Å². The summed E-state index contributed by atoms with van der Waals surface area (Å²) in [6, 6.07) is 13.4. The summed E-state index contributed by atoms with van der Waals surface area (Å²) in [4.78, 5) is 4.59. The highest BCUT2D eigenvalue weighted by Crippen LogP contribution is 2.20. The number of aliphatic imine (C=N–C) groups is 1. The summed E-state index contributed by atoms with van der Waals surface area (Å²) in [7, 11) is -1.67. The van der Waals surface area contributed by atoms with Gasteiger partial charge in [-0.05, 0) is 43.5 Å². The smallest absolute Gasteiger partial charge is 0.229 e. The molecule has 2 rings (SSSR count). The van der Waals surface area contributed by atoms with E-state index in [0.717, 1.165) is 36.1 Å². The normalized spacial score (nSPS) is 11.4. The monoisotopic (exact) mass is 546 g/mol. The number of nitrogens with zero attached hydrogens (tertiary/aromatic N) is 1. The zero-order valence-electron chi connectivity index (χ0n) is 17.9. The fraction of sp³-hybridized carbons (Fsp3) is 0.381. The van der Waals surface area contributed by atoms with Gasteiger partial charge in [-0.3, -0.25) is 4.72 Å². The minimum Gasteiger partial charge on any atom is -0.496 e. The number of methoxy groups -OCH3 is 1. The van der Waals surface area contributed by atoms with Gasteiger partial charge < -0.3 is 15.4 Å². The maximum Gasteiger partial charge on any atom is 0.229 e. The average molecular weight is 546 g/mol. The number of halogens is 1. The summed E-state index contributed by atoms with van der Waals surface area (Å²) in [5, 5.41) is 6.54. The minimum atomic E-state index is -3.35. The lowest BCUT2D eigenvalue weighted by atomic mass is 10.1. The predicted octanol–water partition coefficient (Wildman–Crippen LogP) is 3.29. The van der Waals surface area contributed by atoms with Gasteiger partial charge in [0.2, 0.25) is 10.0 Å². The van der Waals surface area contributed by atoms with E-state index in [-0.39, 0.29) is 24.0 Å². The lowest BCUT2D eigenvalue weighted by Gasteiger charge is -2.14. The molecule has 0 atom stereocenters. The molecule has 30 heavy (non-hydrogen) atoms. The number of para-hydroxylation sites is 1. The highest BCUT2D eigenvalue weighted by atomic mass is 127. The fourth-order valence-electron chi connectivity index (χ4n) is 2.88. The second-order valence-corrected chi connectivity index (χ2v) is 8.47. The maximum atomic E-state index is 11.6. The average Bonchev–Trinajstić information content (AvgIpc) is 2.66. The number of ether oxygens (including phenoxy) is 1. The van der Waals surface area contributed by atoms with Crippen LogP contribution in [0.2, 0.25) is 0 Å². The summed E-state index contributed by atoms with van der Waals surface area (Å²) >= 11 is 0. The SMILES string of the molecule is CCNC(=NCc1ccccc1NS(C)(=O)=O)NCCc1cc(C)ccc1OC.I. The van der Waals surface area contributed by atoms with Gasteiger partial charge in [0.25, 0.3) is 0 Å². The van der Waals surface area contributed by atoms with Gasteiger partial charge in [0.05, 0.1) is 25.6 Å². The third-order valence-electron chi connectivity index (χ3n) is 4.19. The number of anilines is 1. The Kier molecular flexibility index (Phi) is 11.0. The van der Waals surface area contributed by atoms with Gasteiger partial charge in [-0.15, -0.1) is 24.0 Å². The molecular weight excluding hydrogens is 515 g/mol. The number of benzene rings is 2. The molecule has 0 spiro atoms. The van der Waals surface area contributed by atoms with Crippen LogP contribution in [-0.4, -0.2) is 40.8 Å². The third-order valence-corrected chi connectivity index (χ3v) is 4.78. The van der Waals surface area contributed by atoms with Crippen molar-refractivity contribution in [3.05, 3.63) is 59.2 Å². The molecule has 7 nitrogen and oxygen atoms in total. The number of hydrogen-bond donors (Lipinski definition) is 3. The quantitative estimate of drug-likeness (QED) is 0.255. The number of hydrogen-bond acceptors (Lipinski definition) is 4. The van der Waals surface area contributed by atoms with Crippen LogP contribution >= 0.6 is 24.0 Å². The lowest BCUT2D eigenvalue weighted by molar-refractivity contribution is 0.409. The van der Waals surface area contributed by atoms with Crippen LogP contribution < -0.4 is 20.1 Å². The predicted molar refractivity (Wildman–Crippen MR) is 135 cm³/mol. The molecule has 0 heterocycles. The Morgan fingerprint density at radius 3 is 2.50 bits per heavy atom. The number of aryl methyl sites for hydroxylation is 1. The van der Waals surface area contributed by atoms with Crippen molar-refractivity contribution < 1.29 is 13.2 Å². The van der Waals surface area contributed by atoms with Crippen molar-refractivity contribution in [2.75, 3.05) is 31.2 Å². The third kappa shape index (κ3) is 8.78. The van der Waals surface area contributed by atoms with Gasteiger partial charge in [0, 0.05) is 13.1 Å². The molecule has 0 aliphatic rings. The van der Waals surface area contributed by atoms with Crippen molar-refractivity contribution >= 4 is 45.6 Å². The van der Waals surface area contributed by atoms with E-state index in [1.807, 2.05) is 31.2 Å². The molecule has 2 aromatic rings. The maximum absolute atomic E-state index is 11.6. The topological polar surface area (TPSA) is 91.8 Å². The van der Waals surface area contributed by atoms with E-state index >= 15 is 0 Å². The Morgan fingerprint density at radius 1 is 1.10 bits per heavy atom. The van der Waals surface area contributed by atoms with Gasteiger partial charge in [0.1, 0.15) is 5.75 Å². The lowest BCUT2D eigenvalue weighted by Crippen LogP contribution is -2.38. The number of guanidine groups is 1. The zero-order valence-corrected chi connectivity index (χ0v) is 21.0. The van der Waals surface area contributed by atoms with E-state index in [1.165, 1.54) is 5.56 Å². The van der Waals surface area contributed by atoms with Crippen LogP contribution in [0.1, 0.15) is 23.6 Å². The summed E-state index contributed by atoms with van der Waals surface area (Å²) in [6.45, 7) is 5.82. The number of sulfonamides is 1. The Hall–Kier alpha value is -2.01. The van der Waals surface area contributed by atoms with Crippen LogP contribution in [0.5, 0.6) is 5.75 Å². The fourth-order valence-corrected chi connectivity index (χ4v) is 3.48. The van der Waals surface area contributed by atoms with E-state index in [1.54, 1.807) is 19.2 Å². The van der Waals surface area contributed by atoms with Crippen LogP contribution in [0, 0.1) is 6.92 Å². The standard InChI is InChI=1S/C21H30N4O3S.HI/c1-5-22-21(23-13-12-17-14-16(2)10-11-20(17)28-3)24-15-18-8-6-7-9-19(18)25-29(4,26)27;/h6-11,14,25H,5,12-13,15H2,1-4H3,(H2,22,23,24);1H. The molecule has 0 radical (unpaired) electrons. The van der Waals surface area contributed by atoms with Crippen LogP contribution in [0.3, 0.4) is 0 Å². The molecule has 0 aliphatic carbocycles. The molecule has 0 unspecified atom stereocenters. The second kappa shape index (κ2) is 12.6. The molecule has 0 amide bonds. The number of rotatable bonds is 9. The van der Waals surface area contributed by atoms with E-state index in [0.29, 0.717) is 24.7 Å². The molecule has 2 aromatic carbocycles. The van der Waals surface area contributed by atoms with Crippen molar-refractivity contribution in [3.8, 4) is 5.75 Å². The van der Waals surface area contributed by atoms with E-state index in [9.17, 15) is 8.42 Å². The van der Waals surface area contributed by atoms with Crippen LogP contribution in [-0.2, 0) is 23.0 Å². The first-order valence-corrected chi connectivity index (χ1v) is 11.4. The van der Waals surface area contributed by atoms with Gasteiger partial charge in [-0.2, -0.15) is 0 Å². The highest BCUT2D eigenvalue weighted by Gasteiger charge is 2.08. The molecule has 0 saturated heterocycles. The van der Waals surface area contributed by atoms with Gasteiger partial charge >= 0.3 is 0 Å². The van der Waals surface area contributed by atoms with Crippen molar-refractivity contribution in [2.45, 2.75) is 26.8 Å². The van der Waals surface area contributed by atoms with Crippen LogP contribution in [0.15, 0.2) is 47.5 Å². The second-order valence-electron chi connectivity index (χ2n) is 6.72. The molecule has 0 aliphatic heterocycles. The van der Waals surface area contributed by atoms with Crippen molar-refractivity contribution in [3.63, 3.8) is 0 Å². The summed E-state index contributed by atoms with van der Waals surface area (Å²) < 4.78 is 31.1. The molecule has 9 heteroatoms. The molecule has 0 fully saturated rings.